The van der Waals surface area contributed by atoms with Crippen LogP contribution in [0.25, 0.3) is 17.1 Å². The Hall–Kier alpha value is -3.07. The lowest BCUT2D eigenvalue weighted by Gasteiger charge is -2.17. The van der Waals surface area contributed by atoms with Crippen LogP contribution in [-0.2, 0) is 9.53 Å². The highest BCUT2D eigenvalue weighted by molar-refractivity contribution is 7.99. The van der Waals surface area contributed by atoms with Crippen molar-refractivity contribution >= 4 is 17.7 Å². The topological polar surface area (TPSA) is 88.4 Å². The molecule has 0 amide bonds. The lowest BCUT2D eigenvalue weighted by Crippen LogP contribution is -2.09. The molecule has 0 spiro atoms. The largest absolute Gasteiger partial charge is 0.494 e. The second-order valence-corrected chi connectivity index (χ2v) is 6.43. The fourth-order valence-corrected chi connectivity index (χ4v) is 3.36. The molecule has 2 aromatic heterocycles. The number of hydrogen-bond acceptors (Lipinski definition) is 8. The summed E-state index contributed by atoms with van der Waals surface area (Å²) in [6, 6.07) is 9.19. The zero-order chi connectivity index (χ0) is 19.9. The van der Waals surface area contributed by atoms with Gasteiger partial charge in [-0.3, -0.25) is 14.3 Å². The number of nitrogens with zero attached hydrogens (tertiary/aromatic N) is 4. The monoisotopic (exact) mass is 400 g/mol. The third-order valence-electron chi connectivity index (χ3n) is 3.80. The van der Waals surface area contributed by atoms with Gasteiger partial charge >= 0.3 is 5.97 Å². The second kappa shape index (κ2) is 9.23. The number of carbonyl (C=O) groups excluding carboxylic acids is 1. The Morgan fingerprint density at radius 3 is 2.46 bits per heavy atom. The molecule has 0 unspecified atom stereocenters. The predicted molar refractivity (Wildman–Crippen MR) is 105 cm³/mol. The molecule has 9 heteroatoms. The number of carbonyl (C=O) groups is 1. The highest BCUT2D eigenvalue weighted by Gasteiger charge is 2.23. The van der Waals surface area contributed by atoms with Gasteiger partial charge in [-0.2, -0.15) is 0 Å². The molecule has 0 atom stereocenters. The van der Waals surface area contributed by atoms with Gasteiger partial charge in [-0.25, -0.2) is 0 Å². The van der Waals surface area contributed by atoms with E-state index in [1.54, 1.807) is 38.1 Å². The minimum atomic E-state index is -0.322. The molecule has 28 heavy (non-hydrogen) atoms. The number of rotatable bonds is 8. The van der Waals surface area contributed by atoms with Gasteiger partial charge in [-0.05, 0) is 31.2 Å². The summed E-state index contributed by atoms with van der Waals surface area (Å²) < 4.78 is 17.9. The summed E-state index contributed by atoms with van der Waals surface area (Å²) in [5.41, 5.74) is 1.41. The molecule has 0 N–H and O–H groups in total. The van der Waals surface area contributed by atoms with Crippen LogP contribution in [0, 0.1) is 0 Å². The lowest BCUT2D eigenvalue weighted by atomic mass is 10.2. The van der Waals surface area contributed by atoms with Crippen LogP contribution in [0.2, 0.25) is 0 Å². The summed E-state index contributed by atoms with van der Waals surface area (Å²) in [6.45, 7) is 2.10. The molecule has 3 rings (SSSR count). The minimum absolute atomic E-state index is 0.108. The van der Waals surface area contributed by atoms with Gasteiger partial charge in [0, 0.05) is 18.0 Å². The number of methoxy groups -OCH3 is 2. The van der Waals surface area contributed by atoms with E-state index in [1.807, 2.05) is 30.3 Å². The number of esters is 1. The molecule has 0 aliphatic heterocycles. The fourth-order valence-electron chi connectivity index (χ4n) is 2.63. The SMILES string of the molecule is CCOC(=O)CSc1nnc(-c2cccnc2)n1-c1c(OC)cccc1OC. The summed E-state index contributed by atoms with van der Waals surface area (Å²) in [6.07, 6.45) is 3.38. The molecule has 146 valence electrons. The number of ether oxygens (including phenoxy) is 3. The van der Waals surface area contributed by atoms with Crippen LogP contribution in [-0.4, -0.2) is 52.3 Å². The van der Waals surface area contributed by atoms with Crippen LogP contribution in [0.3, 0.4) is 0 Å². The van der Waals surface area contributed by atoms with Crippen molar-refractivity contribution in [3.05, 3.63) is 42.7 Å². The van der Waals surface area contributed by atoms with Crippen molar-refractivity contribution in [2.45, 2.75) is 12.1 Å². The van der Waals surface area contributed by atoms with Crippen molar-refractivity contribution < 1.29 is 19.0 Å². The van der Waals surface area contributed by atoms with Crippen molar-refractivity contribution in [1.82, 2.24) is 19.7 Å². The molecule has 0 aliphatic rings. The first-order chi connectivity index (χ1) is 13.7. The molecule has 1 aromatic carbocycles. The Morgan fingerprint density at radius 1 is 1.11 bits per heavy atom. The summed E-state index contributed by atoms with van der Waals surface area (Å²) >= 11 is 1.23. The maximum atomic E-state index is 11.8. The Balaban J connectivity index is 2.14. The van der Waals surface area contributed by atoms with E-state index >= 15 is 0 Å². The van der Waals surface area contributed by atoms with Crippen molar-refractivity contribution in [2.75, 3.05) is 26.6 Å². The van der Waals surface area contributed by atoms with Crippen LogP contribution < -0.4 is 9.47 Å². The van der Waals surface area contributed by atoms with E-state index < -0.39 is 0 Å². The first kappa shape index (κ1) is 19.7. The van der Waals surface area contributed by atoms with Gasteiger partial charge in [-0.1, -0.05) is 17.8 Å². The van der Waals surface area contributed by atoms with Gasteiger partial charge in [0.1, 0.15) is 17.2 Å². The van der Waals surface area contributed by atoms with Crippen LogP contribution >= 0.6 is 11.8 Å². The Bertz CT molecular complexity index is 924. The molecular formula is C19H20N4O4S. The molecule has 8 nitrogen and oxygen atoms in total. The van der Waals surface area contributed by atoms with Gasteiger partial charge in [-0.15, -0.1) is 10.2 Å². The predicted octanol–water partition coefficient (Wildman–Crippen LogP) is 3.00. The van der Waals surface area contributed by atoms with E-state index in [9.17, 15) is 4.79 Å². The number of pyridine rings is 1. The third-order valence-corrected chi connectivity index (χ3v) is 4.71. The van der Waals surface area contributed by atoms with Crippen molar-refractivity contribution in [3.8, 4) is 28.6 Å². The number of hydrogen-bond donors (Lipinski definition) is 0. The maximum Gasteiger partial charge on any atom is 0.316 e. The lowest BCUT2D eigenvalue weighted by molar-refractivity contribution is -0.139. The summed E-state index contributed by atoms with van der Waals surface area (Å²) in [7, 11) is 3.16. The van der Waals surface area contributed by atoms with Gasteiger partial charge in [0.25, 0.3) is 0 Å². The molecule has 3 aromatic rings. The second-order valence-electron chi connectivity index (χ2n) is 5.49. The standard InChI is InChI=1S/C19H20N4O4S/c1-4-27-16(24)12-28-19-22-21-18(13-7-6-10-20-11-13)23(19)17-14(25-2)8-5-9-15(17)26-3/h5-11H,4,12H2,1-3H3. The molecule has 0 saturated heterocycles. The smallest absolute Gasteiger partial charge is 0.316 e. The van der Waals surface area contributed by atoms with E-state index in [0.29, 0.717) is 34.8 Å². The normalized spacial score (nSPS) is 10.5. The average molecular weight is 400 g/mol. The zero-order valence-corrected chi connectivity index (χ0v) is 16.6. The van der Waals surface area contributed by atoms with Gasteiger partial charge in [0.2, 0.25) is 0 Å². The van der Waals surface area contributed by atoms with Gasteiger partial charge in [0.15, 0.2) is 11.0 Å². The first-order valence-corrected chi connectivity index (χ1v) is 9.53. The van der Waals surface area contributed by atoms with Crippen molar-refractivity contribution in [2.24, 2.45) is 0 Å². The molecule has 0 bridgehead atoms. The molecule has 0 radical (unpaired) electrons. The summed E-state index contributed by atoms with van der Waals surface area (Å²) in [4.78, 5) is 16.0. The quantitative estimate of drug-likeness (QED) is 0.421. The molecule has 2 heterocycles. The van der Waals surface area contributed by atoms with Crippen LogP contribution in [0.15, 0.2) is 47.9 Å². The fraction of sp³-hybridized carbons (Fsp3) is 0.263. The molecular weight excluding hydrogens is 380 g/mol. The Labute approximate surface area is 166 Å². The molecule has 0 aliphatic carbocycles. The number of aromatic nitrogens is 4. The van der Waals surface area contributed by atoms with Crippen LogP contribution in [0.4, 0.5) is 0 Å². The highest BCUT2D eigenvalue weighted by atomic mass is 32.2. The Kier molecular flexibility index (Phi) is 6.49. The Morgan fingerprint density at radius 2 is 1.86 bits per heavy atom. The number of benzene rings is 1. The van der Waals surface area contributed by atoms with E-state index in [2.05, 4.69) is 15.2 Å². The highest BCUT2D eigenvalue weighted by Crippen LogP contribution is 2.38. The van der Waals surface area contributed by atoms with E-state index in [1.165, 1.54) is 11.8 Å². The average Bonchev–Trinajstić information content (AvgIpc) is 3.15. The van der Waals surface area contributed by atoms with Gasteiger partial charge in [0.05, 0.1) is 26.6 Å². The van der Waals surface area contributed by atoms with Gasteiger partial charge < -0.3 is 14.2 Å². The first-order valence-electron chi connectivity index (χ1n) is 8.55. The maximum absolute atomic E-state index is 11.8. The third kappa shape index (κ3) is 4.09. The van der Waals surface area contributed by atoms with Crippen molar-refractivity contribution in [3.63, 3.8) is 0 Å². The summed E-state index contributed by atoms with van der Waals surface area (Å²) in [5, 5.41) is 9.12. The van der Waals surface area contributed by atoms with Crippen molar-refractivity contribution in [1.29, 1.82) is 0 Å². The number of thioether (sulfide) groups is 1. The van der Waals surface area contributed by atoms with Crippen LogP contribution in [0.5, 0.6) is 11.5 Å². The molecule has 0 saturated carbocycles. The summed E-state index contributed by atoms with van der Waals surface area (Å²) in [5.74, 6) is 1.51. The number of para-hydroxylation sites is 1. The molecule has 0 fully saturated rings. The zero-order valence-electron chi connectivity index (χ0n) is 15.8. The van der Waals surface area contributed by atoms with E-state index in [0.717, 1.165) is 5.56 Å². The van der Waals surface area contributed by atoms with E-state index in [4.69, 9.17) is 14.2 Å². The minimum Gasteiger partial charge on any atom is -0.494 e. The van der Waals surface area contributed by atoms with E-state index in [-0.39, 0.29) is 11.7 Å². The van der Waals surface area contributed by atoms with Crippen LogP contribution in [0.1, 0.15) is 6.92 Å².